The molecule has 19 heavy (non-hydrogen) atoms. The Kier molecular flexibility index (Phi) is 6.06. The lowest BCUT2D eigenvalue weighted by Gasteiger charge is -2.14. The van der Waals surface area contributed by atoms with Gasteiger partial charge in [-0.3, -0.25) is 4.79 Å². The van der Waals surface area contributed by atoms with Gasteiger partial charge in [0.15, 0.2) is 0 Å². The van der Waals surface area contributed by atoms with E-state index >= 15 is 0 Å². The lowest BCUT2D eigenvalue weighted by Crippen LogP contribution is -2.22. The Balaban J connectivity index is 2.50. The third-order valence-corrected chi connectivity index (χ3v) is 2.91. The minimum absolute atomic E-state index is 0.116. The van der Waals surface area contributed by atoms with E-state index in [9.17, 15) is 14.7 Å². The van der Waals surface area contributed by atoms with Gasteiger partial charge in [0, 0.05) is 6.42 Å². The second-order valence-corrected chi connectivity index (χ2v) is 4.50. The molecule has 104 valence electrons. The van der Waals surface area contributed by atoms with Crippen LogP contribution in [0.2, 0.25) is 0 Å². The molecule has 0 aromatic heterocycles. The van der Waals surface area contributed by atoms with Crippen molar-refractivity contribution in [1.82, 2.24) is 0 Å². The molecule has 0 radical (unpaired) electrons. The van der Waals surface area contributed by atoms with E-state index in [-0.39, 0.29) is 17.6 Å². The highest BCUT2D eigenvalue weighted by atomic mass is 16.5. The van der Waals surface area contributed by atoms with Crippen LogP contribution in [0.5, 0.6) is 0 Å². The van der Waals surface area contributed by atoms with Gasteiger partial charge in [-0.15, -0.1) is 0 Å². The number of hydrogen-bond donors (Lipinski definition) is 0. The molecule has 0 aliphatic rings. The van der Waals surface area contributed by atoms with Crippen LogP contribution in [-0.2, 0) is 9.53 Å². The molecule has 0 spiro atoms. The van der Waals surface area contributed by atoms with E-state index in [0.29, 0.717) is 6.42 Å². The van der Waals surface area contributed by atoms with Crippen molar-refractivity contribution in [3.63, 3.8) is 0 Å². The van der Waals surface area contributed by atoms with Crippen molar-refractivity contribution in [3.8, 4) is 0 Å². The predicted molar refractivity (Wildman–Crippen MR) is 69.4 cm³/mol. The number of carboxylic acid groups (broad SMARTS) is 1. The standard InChI is InChI=1S/C15H20O4/c1-3-4-5-6-14(16)19-11(2)12-7-9-13(10-8-12)15(17)18/h7-11H,3-6H2,1-2H3,(H,17,18)/p-1. The number of esters is 1. The monoisotopic (exact) mass is 263 g/mol. The highest BCUT2D eigenvalue weighted by Gasteiger charge is 2.11. The quantitative estimate of drug-likeness (QED) is 0.559. The third-order valence-electron chi connectivity index (χ3n) is 2.91. The molecule has 1 atom stereocenters. The molecule has 0 saturated carbocycles. The average molecular weight is 263 g/mol. The van der Waals surface area contributed by atoms with E-state index in [4.69, 9.17) is 4.74 Å². The number of carboxylic acids is 1. The molecule has 1 rings (SSSR count). The summed E-state index contributed by atoms with van der Waals surface area (Å²) in [4.78, 5) is 22.2. The summed E-state index contributed by atoms with van der Waals surface area (Å²) in [6.07, 6.45) is 2.98. The molecule has 1 aromatic carbocycles. The van der Waals surface area contributed by atoms with Crippen molar-refractivity contribution in [2.75, 3.05) is 0 Å². The van der Waals surface area contributed by atoms with Gasteiger partial charge in [0.25, 0.3) is 0 Å². The van der Waals surface area contributed by atoms with Crippen LogP contribution in [0, 0.1) is 0 Å². The van der Waals surface area contributed by atoms with E-state index in [1.165, 1.54) is 12.1 Å². The maximum atomic E-state index is 11.6. The fourth-order valence-electron chi connectivity index (χ4n) is 1.73. The number of aromatic carboxylic acids is 1. The second kappa shape index (κ2) is 7.56. The van der Waals surface area contributed by atoms with Crippen molar-refractivity contribution in [2.45, 2.75) is 45.6 Å². The van der Waals surface area contributed by atoms with Gasteiger partial charge < -0.3 is 14.6 Å². The lowest BCUT2D eigenvalue weighted by molar-refractivity contribution is -0.255. The van der Waals surface area contributed by atoms with E-state index in [2.05, 4.69) is 6.92 Å². The van der Waals surface area contributed by atoms with Gasteiger partial charge in [0.05, 0.1) is 5.97 Å². The molecule has 0 N–H and O–H groups in total. The van der Waals surface area contributed by atoms with Gasteiger partial charge >= 0.3 is 5.97 Å². The summed E-state index contributed by atoms with van der Waals surface area (Å²) in [5, 5.41) is 10.6. The molecule has 1 aromatic rings. The zero-order chi connectivity index (χ0) is 14.3. The largest absolute Gasteiger partial charge is 0.545 e. The van der Waals surface area contributed by atoms with Crippen LogP contribution in [0.4, 0.5) is 0 Å². The van der Waals surface area contributed by atoms with Crippen molar-refractivity contribution in [3.05, 3.63) is 35.4 Å². The summed E-state index contributed by atoms with van der Waals surface area (Å²) >= 11 is 0. The number of benzene rings is 1. The summed E-state index contributed by atoms with van der Waals surface area (Å²) in [5.74, 6) is -1.43. The smallest absolute Gasteiger partial charge is 0.306 e. The summed E-state index contributed by atoms with van der Waals surface area (Å²) < 4.78 is 5.28. The summed E-state index contributed by atoms with van der Waals surface area (Å²) in [6, 6.07) is 6.17. The van der Waals surface area contributed by atoms with Gasteiger partial charge in [-0.1, -0.05) is 44.0 Å². The Morgan fingerprint density at radius 3 is 2.37 bits per heavy atom. The molecule has 4 nitrogen and oxygen atoms in total. The number of carbonyl (C=O) groups excluding carboxylic acids is 2. The molecule has 4 heteroatoms. The minimum Gasteiger partial charge on any atom is -0.545 e. The maximum absolute atomic E-state index is 11.6. The number of rotatable bonds is 7. The molecule has 0 aliphatic carbocycles. The minimum atomic E-state index is -1.21. The van der Waals surface area contributed by atoms with Gasteiger partial charge in [0.1, 0.15) is 6.10 Å². The van der Waals surface area contributed by atoms with E-state index in [0.717, 1.165) is 24.8 Å². The highest BCUT2D eigenvalue weighted by Crippen LogP contribution is 2.18. The maximum Gasteiger partial charge on any atom is 0.306 e. The Hall–Kier alpha value is -1.84. The number of hydrogen-bond acceptors (Lipinski definition) is 4. The predicted octanol–water partition coefficient (Wildman–Crippen LogP) is 2.23. The van der Waals surface area contributed by atoms with Crippen LogP contribution in [0.15, 0.2) is 24.3 Å². The van der Waals surface area contributed by atoms with Crippen molar-refractivity contribution >= 4 is 11.9 Å². The van der Waals surface area contributed by atoms with Crippen molar-refractivity contribution in [2.24, 2.45) is 0 Å². The first kappa shape index (κ1) is 15.2. The first-order chi connectivity index (χ1) is 9.04. The van der Waals surface area contributed by atoms with Gasteiger partial charge in [-0.25, -0.2) is 0 Å². The topological polar surface area (TPSA) is 66.4 Å². The molecule has 0 fully saturated rings. The zero-order valence-corrected chi connectivity index (χ0v) is 11.3. The zero-order valence-electron chi connectivity index (χ0n) is 11.3. The van der Waals surface area contributed by atoms with Crippen LogP contribution in [0.1, 0.15) is 61.6 Å². The van der Waals surface area contributed by atoms with Gasteiger partial charge in [0.2, 0.25) is 0 Å². The fraction of sp³-hybridized carbons (Fsp3) is 0.467. The van der Waals surface area contributed by atoms with Gasteiger partial charge in [-0.05, 0) is 24.5 Å². The molecular formula is C15H19O4-. The Bertz CT molecular complexity index is 422. The number of ether oxygens (including phenoxy) is 1. The molecule has 0 heterocycles. The molecule has 0 bridgehead atoms. The van der Waals surface area contributed by atoms with Crippen molar-refractivity contribution in [1.29, 1.82) is 0 Å². The number of unbranched alkanes of at least 4 members (excludes halogenated alkanes) is 2. The lowest BCUT2D eigenvalue weighted by atomic mass is 10.1. The fourth-order valence-corrected chi connectivity index (χ4v) is 1.73. The number of carbonyl (C=O) groups is 2. The summed E-state index contributed by atoms with van der Waals surface area (Å²) in [6.45, 7) is 3.85. The average Bonchev–Trinajstić information content (AvgIpc) is 2.39. The van der Waals surface area contributed by atoms with E-state index in [1.807, 2.05) is 0 Å². The van der Waals surface area contributed by atoms with Crippen LogP contribution >= 0.6 is 0 Å². The SMILES string of the molecule is CCCCCC(=O)OC(C)c1ccc(C(=O)[O-])cc1. The van der Waals surface area contributed by atoms with E-state index < -0.39 is 5.97 Å². The van der Waals surface area contributed by atoms with Crippen molar-refractivity contribution < 1.29 is 19.4 Å². The Morgan fingerprint density at radius 2 is 1.84 bits per heavy atom. The Labute approximate surface area is 113 Å². The first-order valence-electron chi connectivity index (χ1n) is 6.55. The van der Waals surface area contributed by atoms with Crippen LogP contribution in [0.3, 0.4) is 0 Å². The van der Waals surface area contributed by atoms with E-state index in [1.54, 1.807) is 19.1 Å². The molecular weight excluding hydrogens is 244 g/mol. The molecule has 0 aliphatic heterocycles. The highest BCUT2D eigenvalue weighted by molar-refractivity contribution is 5.85. The summed E-state index contributed by atoms with van der Waals surface area (Å²) in [5.41, 5.74) is 0.888. The Morgan fingerprint density at radius 1 is 1.21 bits per heavy atom. The molecule has 0 saturated heterocycles. The normalized spacial score (nSPS) is 11.9. The molecule has 0 amide bonds. The molecule has 1 unspecified atom stereocenters. The van der Waals surface area contributed by atoms with Crippen LogP contribution in [-0.4, -0.2) is 11.9 Å². The van der Waals surface area contributed by atoms with Crippen LogP contribution < -0.4 is 5.11 Å². The van der Waals surface area contributed by atoms with Crippen LogP contribution in [0.25, 0.3) is 0 Å². The first-order valence-corrected chi connectivity index (χ1v) is 6.55. The summed E-state index contributed by atoms with van der Waals surface area (Å²) in [7, 11) is 0. The third kappa shape index (κ3) is 5.12. The van der Waals surface area contributed by atoms with Gasteiger partial charge in [-0.2, -0.15) is 0 Å². The second-order valence-electron chi connectivity index (χ2n) is 4.50.